The minimum absolute atomic E-state index is 0.0319. The van der Waals surface area contributed by atoms with Crippen LogP contribution < -0.4 is 0 Å². The lowest BCUT2D eigenvalue weighted by molar-refractivity contribution is -0.429. The van der Waals surface area contributed by atoms with Crippen LogP contribution in [0.4, 0.5) is 5.69 Å². The molecule has 5 nitrogen and oxygen atoms in total. The van der Waals surface area contributed by atoms with E-state index in [0.29, 0.717) is 4.76 Å². The summed E-state index contributed by atoms with van der Waals surface area (Å²) in [6.45, 7) is 0. The summed E-state index contributed by atoms with van der Waals surface area (Å²) >= 11 is 0. The number of aromatic hydroxyl groups is 1. The molecule has 0 heterocycles. The monoisotopic (exact) mass is 182 g/mol. The van der Waals surface area contributed by atoms with Crippen molar-refractivity contribution in [2.24, 2.45) is 0 Å². The molecule has 0 aliphatic heterocycles. The minimum atomic E-state index is -1.14. The Morgan fingerprint density at radius 3 is 2.54 bits per heavy atom. The second-order valence-corrected chi connectivity index (χ2v) is 2.51. The van der Waals surface area contributed by atoms with Crippen LogP contribution in [0.3, 0.4) is 0 Å². The van der Waals surface area contributed by atoms with Gasteiger partial charge in [-0.2, -0.15) is 0 Å². The van der Waals surface area contributed by atoms with Crippen molar-refractivity contribution in [3.63, 3.8) is 0 Å². The molecular formula is C8H8NO4+. The average molecular weight is 182 g/mol. The number of rotatable bonds is 2. The summed E-state index contributed by atoms with van der Waals surface area (Å²) in [5.74, 6) is -1.37. The maximum Gasteiger partial charge on any atom is 0.335 e. The number of nitrogens with zero attached hydrogens (tertiary/aromatic N) is 1. The molecule has 0 aromatic heterocycles. The van der Waals surface area contributed by atoms with E-state index in [1.807, 2.05) is 0 Å². The standard InChI is InChI=1S/C8H7NO4/c1-9(13)6-4-5(8(11)12)2-3-7(6)10/h2-4H,1H3,(H-,10,11,12,13)/p+1. The van der Waals surface area contributed by atoms with Crippen LogP contribution in [0.5, 0.6) is 5.75 Å². The molecule has 68 valence electrons. The molecular weight excluding hydrogens is 174 g/mol. The molecule has 0 fully saturated rings. The van der Waals surface area contributed by atoms with Crippen LogP contribution in [-0.4, -0.2) is 28.0 Å². The number of phenolic OH excluding ortho intramolecular Hbond substituents is 1. The molecule has 0 amide bonds. The summed E-state index contributed by atoms with van der Waals surface area (Å²) in [7, 11) is 1.18. The lowest BCUT2D eigenvalue weighted by Crippen LogP contribution is -1.98. The number of carboxylic acids is 1. The molecule has 2 N–H and O–H groups in total. The number of phenols is 1. The number of hydrogen-bond donors (Lipinski definition) is 2. The van der Waals surface area contributed by atoms with E-state index in [1.54, 1.807) is 0 Å². The predicted molar refractivity (Wildman–Crippen MR) is 44.3 cm³/mol. The van der Waals surface area contributed by atoms with Gasteiger partial charge in [0, 0.05) is 15.7 Å². The average Bonchev–Trinajstić information content (AvgIpc) is 2.04. The maximum atomic E-state index is 10.8. The Bertz CT molecular complexity index is 372. The van der Waals surface area contributed by atoms with Gasteiger partial charge in [-0.15, -0.1) is 0 Å². The van der Waals surface area contributed by atoms with Crippen molar-refractivity contribution in [2.45, 2.75) is 0 Å². The van der Waals surface area contributed by atoms with Crippen molar-refractivity contribution in [3.8, 4) is 5.75 Å². The number of carbonyl (C=O) groups is 1. The van der Waals surface area contributed by atoms with E-state index < -0.39 is 5.97 Å². The van der Waals surface area contributed by atoms with Gasteiger partial charge in [0.1, 0.15) is 0 Å². The summed E-state index contributed by atoms with van der Waals surface area (Å²) in [5, 5.41) is 17.7. The smallest absolute Gasteiger partial charge is 0.335 e. The Morgan fingerprint density at radius 2 is 2.08 bits per heavy atom. The van der Waals surface area contributed by atoms with E-state index in [2.05, 4.69) is 0 Å². The summed E-state index contributed by atoms with van der Waals surface area (Å²) in [4.78, 5) is 21.3. The zero-order valence-corrected chi connectivity index (χ0v) is 6.89. The van der Waals surface area contributed by atoms with E-state index in [0.717, 1.165) is 6.07 Å². The van der Waals surface area contributed by atoms with Crippen molar-refractivity contribution >= 4 is 11.7 Å². The van der Waals surface area contributed by atoms with Crippen LogP contribution in [0.1, 0.15) is 10.4 Å². The topological polar surface area (TPSA) is 77.6 Å². The van der Waals surface area contributed by atoms with Crippen LogP contribution in [0.2, 0.25) is 0 Å². The first-order chi connectivity index (χ1) is 6.02. The Hall–Kier alpha value is -1.91. The summed E-state index contributed by atoms with van der Waals surface area (Å²) < 4.78 is 0.405. The highest BCUT2D eigenvalue weighted by atomic mass is 16.4. The lowest BCUT2D eigenvalue weighted by atomic mass is 10.2. The molecule has 0 saturated carbocycles. The quantitative estimate of drug-likeness (QED) is 0.672. The molecule has 1 aromatic rings. The maximum absolute atomic E-state index is 10.8. The van der Waals surface area contributed by atoms with Crippen LogP contribution in [0.25, 0.3) is 0 Å². The van der Waals surface area contributed by atoms with Crippen molar-refractivity contribution in [3.05, 3.63) is 28.7 Å². The number of aromatic carboxylic acids is 1. The van der Waals surface area contributed by atoms with Crippen molar-refractivity contribution in [1.82, 2.24) is 0 Å². The van der Waals surface area contributed by atoms with E-state index in [4.69, 9.17) is 10.2 Å². The van der Waals surface area contributed by atoms with Gasteiger partial charge in [0.2, 0.25) is 0 Å². The normalized spacial score (nSPS) is 9.62. The van der Waals surface area contributed by atoms with Gasteiger partial charge in [0.25, 0.3) is 5.69 Å². The molecule has 0 unspecified atom stereocenters. The van der Waals surface area contributed by atoms with Crippen LogP contribution in [0.15, 0.2) is 18.2 Å². The van der Waals surface area contributed by atoms with Gasteiger partial charge >= 0.3 is 5.97 Å². The molecule has 0 bridgehead atoms. The van der Waals surface area contributed by atoms with E-state index in [9.17, 15) is 9.70 Å². The molecule has 1 rings (SSSR count). The fourth-order valence-electron chi connectivity index (χ4n) is 0.909. The second kappa shape index (κ2) is 3.22. The lowest BCUT2D eigenvalue weighted by Gasteiger charge is -1.95. The molecule has 0 aliphatic rings. The predicted octanol–water partition coefficient (Wildman–Crippen LogP) is 1.13. The van der Waals surface area contributed by atoms with Gasteiger partial charge in [0.15, 0.2) is 12.8 Å². The fourth-order valence-corrected chi connectivity index (χ4v) is 0.909. The molecule has 5 heteroatoms. The van der Waals surface area contributed by atoms with Gasteiger partial charge in [-0.1, -0.05) is 0 Å². The van der Waals surface area contributed by atoms with Crippen LogP contribution in [0, 0.1) is 4.91 Å². The van der Waals surface area contributed by atoms with Crippen molar-refractivity contribution < 1.29 is 19.8 Å². The highest BCUT2D eigenvalue weighted by molar-refractivity contribution is 5.88. The fraction of sp³-hybridized carbons (Fsp3) is 0.125. The van der Waals surface area contributed by atoms with Gasteiger partial charge in [-0.25, -0.2) is 4.79 Å². The molecule has 0 saturated heterocycles. The number of carboxylic acid groups (broad SMARTS) is 1. The summed E-state index contributed by atoms with van der Waals surface area (Å²) in [5.41, 5.74) is -0.0876. The molecule has 13 heavy (non-hydrogen) atoms. The Balaban J connectivity index is 3.27. The first-order valence-electron chi connectivity index (χ1n) is 3.49. The first kappa shape index (κ1) is 9.18. The SMILES string of the molecule is C[N+](=O)c1cc(C(=O)O)ccc1O. The number of nitroso groups, excluding NO2 is 1. The molecule has 0 aliphatic carbocycles. The third-order valence-corrected chi connectivity index (χ3v) is 1.56. The molecule has 0 spiro atoms. The second-order valence-electron chi connectivity index (χ2n) is 2.51. The first-order valence-corrected chi connectivity index (χ1v) is 3.49. The van der Waals surface area contributed by atoms with Gasteiger partial charge < -0.3 is 10.2 Å². The van der Waals surface area contributed by atoms with Gasteiger partial charge in [-0.05, 0) is 12.1 Å². The molecule has 0 atom stereocenters. The summed E-state index contributed by atoms with van der Waals surface area (Å²) in [6, 6.07) is 3.52. The third kappa shape index (κ3) is 1.81. The van der Waals surface area contributed by atoms with Gasteiger partial charge in [-0.3, -0.25) is 0 Å². The van der Waals surface area contributed by atoms with Crippen LogP contribution in [-0.2, 0) is 0 Å². The zero-order chi connectivity index (χ0) is 10.0. The summed E-state index contributed by atoms with van der Waals surface area (Å²) in [6.07, 6.45) is 0. The van der Waals surface area contributed by atoms with Crippen molar-refractivity contribution in [1.29, 1.82) is 0 Å². The Labute approximate surface area is 73.8 Å². The Morgan fingerprint density at radius 1 is 1.46 bits per heavy atom. The van der Waals surface area contributed by atoms with Crippen LogP contribution >= 0.6 is 0 Å². The molecule has 1 aromatic carbocycles. The van der Waals surface area contributed by atoms with E-state index in [-0.39, 0.29) is 17.0 Å². The van der Waals surface area contributed by atoms with E-state index >= 15 is 0 Å². The van der Waals surface area contributed by atoms with E-state index in [1.165, 1.54) is 19.2 Å². The number of benzene rings is 1. The van der Waals surface area contributed by atoms with Gasteiger partial charge in [0.05, 0.1) is 5.56 Å². The third-order valence-electron chi connectivity index (χ3n) is 1.56. The highest BCUT2D eigenvalue weighted by Crippen LogP contribution is 2.25. The number of hydrogen-bond acceptors (Lipinski definition) is 3. The largest absolute Gasteiger partial charge is 0.502 e. The van der Waals surface area contributed by atoms with Crippen molar-refractivity contribution in [2.75, 3.05) is 7.05 Å². The zero-order valence-electron chi connectivity index (χ0n) is 6.89. The molecule has 0 radical (unpaired) electrons. The Kier molecular flexibility index (Phi) is 2.27. The minimum Gasteiger partial charge on any atom is -0.502 e. The highest BCUT2D eigenvalue weighted by Gasteiger charge is 2.16.